The molecule has 1 nitrogen and oxygen atoms in total. The van der Waals surface area contributed by atoms with Gasteiger partial charge >= 0.3 is 0 Å². The molecular formula is C13H5Br2ClF2O. The van der Waals surface area contributed by atoms with Crippen LogP contribution in [0.25, 0.3) is 0 Å². The normalized spacial score (nSPS) is 10.6. The van der Waals surface area contributed by atoms with Gasteiger partial charge in [0.15, 0.2) is 5.78 Å². The highest BCUT2D eigenvalue weighted by molar-refractivity contribution is 9.10. The van der Waals surface area contributed by atoms with Gasteiger partial charge in [-0.15, -0.1) is 0 Å². The van der Waals surface area contributed by atoms with Crippen LogP contribution in [0.1, 0.15) is 15.9 Å². The first kappa shape index (κ1) is 14.6. The van der Waals surface area contributed by atoms with Crippen molar-refractivity contribution in [3.8, 4) is 0 Å². The summed E-state index contributed by atoms with van der Waals surface area (Å²) in [5, 5.41) is 0.177. The summed E-state index contributed by atoms with van der Waals surface area (Å²) in [5.74, 6) is -2.19. The van der Waals surface area contributed by atoms with Crippen LogP contribution in [-0.2, 0) is 0 Å². The average Bonchev–Trinajstić information content (AvgIpc) is 2.36. The van der Waals surface area contributed by atoms with Crippen molar-refractivity contribution in [2.24, 2.45) is 0 Å². The number of hydrogen-bond acceptors (Lipinski definition) is 1. The summed E-state index contributed by atoms with van der Waals surface area (Å²) < 4.78 is 27.7. The molecule has 0 unspecified atom stereocenters. The van der Waals surface area contributed by atoms with Crippen molar-refractivity contribution in [3.05, 3.63) is 67.1 Å². The quantitative estimate of drug-likeness (QED) is 0.480. The highest BCUT2D eigenvalue weighted by Crippen LogP contribution is 2.26. The van der Waals surface area contributed by atoms with Crippen molar-refractivity contribution in [1.82, 2.24) is 0 Å². The monoisotopic (exact) mass is 408 g/mol. The van der Waals surface area contributed by atoms with Gasteiger partial charge in [-0.1, -0.05) is 27.5 Å². The Bertz CT molecular complexity index is 674. The molecule has 0 aliphatic carbocycles. The standard InChI is InChI=1S/C13H5Br2ClF2O/c14-6-1-2-10(16)7(3-6)13(19)8-4-12(18)9(15)5-11(8)17/h1-5H. The zero-order valence-corrected chi connectivity index (χ0v) is 13.1. The summed E-state index contributed by atoms with van der Waals surface area (Å²) in [6, 6.07) is 6.38. The molecular weight excluding hydrogens is 405 g/mol. The molecule has 0 saturated heterocycles. The number of rotatable bonds is 2. The van der Waals surface area contributed by atoms with E-state index in [2.05, 4.69) is 31.9 Å². The zero-order chi connectivity index (χ0) is 14.2. The topological polar surface area (TPSA) is 17.1 Å². The second-order valence-corrected chi connectivity index (χ2v) is 5.88. The van der Waals surface area contributed by atoms with E-state index in [0.29, 0.717) is 4.47 Å². The van der Waals surface area contributed by atoms with Gasteiger partial charge in [-0.25, -0.2) is 8.78 Å². The molecule has 0 saturated carbocycles. The first-order valence-electron chi connectivity index (χ1n) is 5.04. The van der Waals surface area contributed by atoms with Crippen LogP contribution >= 0.6 is 43.5 Å². The second-order valence-electron chi connectivity index (χ2n) is 3.70. The summed E-state index contributed by atoms with van der Waals surface area (Å²) in [6.45, 7) is 0. The molecule has 0 amide bonds. The molecule has 0 atom stereocenters. The van der Waals surface area contributed by atoms with Gasteiger partial charge in [-0.05, 0) is 46.3 Å². The molecule has 19 heavy (non-hydrogen) atoms. The molecule has 0 bridgehead atoms. The van der Waals surface area contributed by atoms with E-state index in [1.165, 1.54) is 12.1 Å². The minimum atomic E-state index is -0.811. The Kier molecular flexibility index (Phi) is 4.38. The fraction of sp³-hybridized carbons (Fsp3) is 0. The summed E-state index contributed by atoms with van der Waals surface area (Å²) in [7, 11) is 0. The van der Waals surface area contributed by atoms with Crippen molar-refractivity contribution in [3.63, 3.8) is 0 Å². The smallest absolute Gasteiger partial charge is 0.197 e. The Morgan fingerprint density at radius 2 is 1.68 bits per heavy atom. The highest BCUT2D eigenvalue weighted by atomic mass is 79.9. The lowest BCUT2D eigenvalue weighted by Gasteiger charge is -2.06. The summed E-state index contributed by atoms with van der Waals surface area (Å²) in [6.07, 6.45) is 0. The van der Waals surface area contributed by atoms with Crippen molar-refractivity contribution in [2.45, 2.75) is 0 Å². The molecule has 0 spiro atoms. The number of hydrogen-bond donors (Lipinski definition) is 0. The molecule has 0 heterocycles. The van der Waals surface area contributed by atoms with Crippen molar-refractivity contribution < 1.29 is 13.6 Å². The molecule has 0 aliphatic heterocycles. The summed E-state index contributed by atoms with van der Waals surface area (Å²) >= 11 is 11.9. The first-order chi connectivity index (χ1) is 8.90. The third-order valence-corrected chi connectivity index (χ3v) is 3.86. The van der Waals surface area contributed by atoms with Crippen LogP contribution in [0.4, 0.5) is 8.78 Å². The van der Waals surface area contributed by atoms with Crippen molar-refractivity contribution in [1.29, 1.82) is 0 Å². The van der Waals surface area contributed by atoms with Crippen LogP contribution in [0.2, 0.25) is 5.02 Å². The molecule has 2 aromatic carbocycles. The molecule has 2 aromatic rings. The van der Waals surface area contributed by atoms with Gasteiger partial charge in [0.1, 0.15) is 11.6 Å². The fourth-order valence-corrected chi connectivity index (χ4v) is 2.39. The number of ketones is 1. The Hall–Kier alpha value is -0.780. The number of halogens is 5. The lowest BCUT2D eigenvalue weighted by Crippen LogP contribution is -2.06. The summed E-state index contributed by atoms with van der Waals surface area (Å²) in [4.78, 5) is 12.2. The minimum Gasteiger partial charge on any atom is -0.288 e. The van der Waals surface area contributed by atoms with Crippen LogP contribution < -0.4 is 0 Å². The van der Waals surface area contributed by atoms with E-state index in [4.69, 9.17) is 11.6 Å². The van der Waals surface area contributed by atoms with E-state index < -0.39 is 17.4 Å². The van der Waals surface area contributed by atoms with Gasteiger partial charge in [0.05, 0.1) is 15.1 Å². The van der Waals surface area contributed by atoms with E-state index in [-0.39, 0.29) is 20.6 Å². The van der Waals surface area contributed by atoms with E-state index in [9.17, 15) is 13.6 Å². The Morgan fingerprint density at radius 1 is 1.00 bits per heavy atom. The van der Waals surface area contributed by atoms with Gasteiger partial charge < -0.3 is 0 Å². The van der Waals surface area contributed by atoms with Gasteiger partial charge in [-0.3, -0.25) is 4.79 Å². The number of carbonyl (C=O) groups is 1. The maximum absolute atomic E-state index is 13.7. The van der Waals surface area contributed by atoms with Crippen LogP contribution in [0.15, 0.2) is 39.3 Å². The number of benzene rings is 2. The predicted octanol–water partition coefficient (Wildman–Crippen LogP) is 5.37. The number of carbonyl (C=O) groups excluding carboxylic acids is 1. The Morgan fingerprint density at radius 3 is 2.37 bits per heavy atom. The fourth-order valence-electron chi connectivity index (χ4n) is 1.51. The average molecular weight is 410 g/mol. The second kappa shape index (κ2) is 5.69. The van der Waals surface area contributed by atoms with Gasteiger partial charge in [0.25, 0.3) is 0 Å². The van der Waals surface area contributed by atoms with Crippen LogP contribution in [0.5, 0.6) is 0 Å². The molecule has 98 valence electrons. The third-order valence-electron chi connectivity index (χ3n) is 2.43. The van der Waals surface area contributed by atoms with E-state index in [1.807, 2.05) is 0 Å². The van der Waals surface area contributed by atoms with Gasteiger partial charge in [-0.2, -0.15) is 0 Å². The highest BCUT2D eigenvalue weighted by Gasteiger charge is 2.19. The zero-order valence-electron chi connectivity index (χ0n) is 9.18. The van der Waals surface area contributed by atoms with Crippen LogP contribution in [0, 0.1) is 11.6 Å². The van der Waals surface area contributed by atoms with Crippen LogP contribution in [-0.4, -0.2) is 5.78 Å². The van der Waals surface area contributed by atoms with E-state index in [0.717, 1.165) is 12.1 Å². The molecule has 0 aliphatic rings. The molecule has 0 N–H and O–H groups in total. The minimum absolute atomic E-state index is 0.0399. The van der Waals surface area contributed by atoms with Gasteiger partial charge in [0, 0.05) is 10.0 Å². The maximum atomic E-state index is 13.7. The maximum Gasteiger partial charge on any atom is 0.197 e. The molecule has 6 heteroatoms. The Balaban J connectivity index is 2.56. The molecule has 0 fully saturated rings. The largest absolute Gasteiger partial charge is 0.288 e. The molecule has 2 rings (SSSR count). The lowest BCUT2D eigenvalue weighted by atomic mass is 10.0. The van der Waals surface area contributed by atoms with Crippen LogP contribution in [0.3, 0.4) is 0 Å². The third kappa shape index (κ3) is 3.04. The van der Waals surface area contributed by atoms with Crippen molar-refractivity contribution >= 4 is 49.2 Å². The Labute approximate surface area is 129 Å². The SMILES string of the molecule is O=C(c1cc(F)c(Br)cc1F)c1cc(Br)ccc1Cl. The molecule has 0 radical (unpaired) electrons. The van der Waals surface area contributed by atoms with E-state index in [1.54, 1.807) is 6.07 Å². The van der Waals surface area contributed by atoms with Crippen molar-refractivity contribution in [2.75, 3.05) is 0 Å². The van der Waals surface area contributed by atoms with E-state index >= 15 is 0 Å². The summed E-state index contributed by atoms with van der Waals surface area (Å²) in [5.41, 5.74) is -0.252. The lowest BCUT2D eigenvalue weighted by molar-refractivity contribution is 0.103. The molecule has 0 aromatic heterocycles. The van der Waals surface area contributed by atoms with Gasteiger partial charge in [0.2, 0.25) is 0 Å². The first-order valence-corrected chi connectivity index (χ1v) is 7.01. The predicted molar refractivity (Wildman–Crippen MR) is 76.6 cm³/mol.